The third kappa shape index (κ3) is 4.74. The van der Waals surface area contributed by atoms with Gasteiger partial charge in [0.2, 0.25) is 0 Å². The summed E-state index contributed by atoms with van der Waals surface area (Å²) >= 11 is 8.05. The van der Waals surface area contributed by atoms with Crippen molar-refractivity contribution in [3.05, 3.63) is 32.4 Å². The largest absolute Gasteiger partial charge is 0.377 e. The van der Waals surface area contributed by atoms with E-state index >= 15 is 0 Å². The minimum atomic E-state index is -0.0331. The molecule has 0 atom stereocenters. The molecule has 1 aromatic rings. The quantitative estimate of drug-likeness (QED) is 0.731. The van der Waals surface area contributed by atoms with Gasteiger partial charge in [0.1, 0.15) is 0 Å². The van der Waals surface area contributed by atoms with Crippen LogP contribution in [0.5, 0.6) is 0 Å². The lowest BCUT2D eigenvalue weighted by atomic mass is 10.2. The van der Waals surface area contributed by atoms with Crippen molar-refractivity contribution in [2.24, 2.45) is 0 Å². The topological polar surface area (TPSA) is 29.5 Å². The standard InChI is InChI=1S/C13H17ClINO2/c1-9(2)18-7-6-16(3)13(17)11-8-10(14)4-5-12(11)15/h4-5,8-9H,6-7H2,1-3H3. The predicted octanol–water partition coefficient (Wildman–Crippen LogP) is 3.44. The van der Waals surface area contributed by atoms with Gasteiger partial charge < -0.3 is 9.64 Å². The van der Waals surface area contributed by atoms with E-state index in [0.717, 1.165) is 3.57 Å². The van der Waals surface area contributed by atoms with Gasteiger partial charge in [0.25, 0.3) is 5.91 Å². The molecule has 0 spiro atoms. The Labute approximate surface area is 127 Å². The Hall–Kier alpha value is -0.330. The molecule has 1 rings (SSSR count). The molecule has 1 aromatic carbocycles. The molecule has 0 N–H and O–H groups in total. The number of halogens is 2. The first-order valence-electron chi connectivity index (χ1n) is 5.74. The summed E-state index contributed by atoms with van der Waals surface area (Å²) in [4.78, 5) is 13.8. The normalized spacial score (nSPS) is 10.8. The Morgan fingerprint density at radius 1 is 1.50 bits per heavy atom. The average molecular weight is 382 g/mol. The highest BCUT2D eigenvalue weighted by Crippen LogP contribution is 2.19. The van der Waals surface area contributed by atoms with Gasteiger partial charge in [0.05, 0.1) is 18.3 Å². The molecule has 0 fully saturated rings. The molecule has 0 aliphatic carbocycles. The molecule has 0 radical (unpaired) electrons. The van der Waals surface area contributed by atoms with Crippen molar-refractivity contribution in [1.29, 1.82) is 0 Å². The Morgan fingerprint density at radius 3 is 2.78 bits per heavy atom. The van der Waals surface area contributed by atoms with E-state index in [2.05, 4.69) is 22.6 Å². The fourth-order valence-electron chi connectivity index (χ4n) is 1.39. The maximum absolute atomic E-state index is 12.2. The minimum Gasteiger partial charge on any atom is -0.377 e. The Morgan fingerprint density at radius 2 is 2.17 bits per heavy atom. The summed E-state index contributed by atoms with van der Waals surface area (Å²) in [6.07, 6.45) is 0.180. The van der Waals surface area contributed by atoms with Crippen LogP contribution < -0.4 is 0 Å². The molecule has 18 heavy (non-hydrogen) atoms. The third-order valence-corrected chi connectivity index (χ3v) is 3.56. The smallest absolute Gasteiger partial charge is 0.254 e. The number of carbonyl (C=O) groups excluding carboxylic acids is 1. The summed E-state index contributed by atoms with van der Waals surface area (Å²) in [6, 6.07) is 5.32. The second kappa shape index (κ2) is 7.31. The zero-order valence-corrected chi connectivity index (χ0v) is 13.7. The molecule has 0 aliphatic rings. The van der Waals surface area contributed by atoms with Crippen LogP contribution in [0.25, 0.3) is 0 Å². The molecule has 0 saturated carbocycles. The molecular weight excluding hydrogens is 365 g/mol. The van der Waals surface area contributed by atoms with Crippen molar-refractivity contribution in [2.75, 3.05) is 20.2 Å². The van der Waals surface area contributed by atoms with E-state index < -0.39 is 0 Å². The van der Waals surface area contributed by atoms with Crippen LogP contribution in [0.3, 0.4) is 0 Å². The van der Waals surface area contributed by atoms with Gasteiger partial charge in [-0.15, -0.1) is 0 Å². The van der Waals surface area contributed by atoms with E-state index in [9.17, 15) is 4.79 Å². The van der Waals surface area contributed by atoms with Gasteiger partial charge in [0.15, 0.2) is 0 Å². The Kier molecular flexibility index (Phi) is 6.38. The van der Waals surface area contributed by atoms with Crippen LogP contribution in [0.15, 0.2) is 18.2 Å². The highest BCUT2D eigenvalue weighted by molar-refractivity contribution is 14.1. The van der Waals surface area contributed by atoms with Gasteiger partial charge in [-0.05, 0) is 54.6 Å². The number of amides is 1. The van der Waals surface area contributed by atoms with Crippen molar-refractivity contribution in [2.45, 2.75) is 20.0 Å². The summed E-state index contributed by atoms with van der Waals surface area (Å²) in [7, 11) is 1.77. The van der Waals surface area contributed by atoms with Crippen LogP contribution in [0.2, 0.25) is 5.02 Å². The van der Waals surface area contributed by atoms with Crippen molar-refractivity contribution < 1.29 is 9.53 Å². The van der Waals surface area contributed by atoms with E-state index in [0.29, 0.717) is 23.7 Å². The second-order valence-corrected chi connectivity index (χ2v) is 5.87. The van der Waals surface area contributed by atoms with E-state index in [-0.39, 0.29) is 12.0 Å². The number of nitrogens with zero attached hydrogens (tertiary/aromatic N) is 1. The fraction of sp³-hybridized carbons (Fsp3) is 0.462. The van der Waals surface area contributed by atoms with Gasteiger partial charge in [-0.3, -0.25) is 4.79 Å². The maximum atomic E-state index is 12.2. The van der Waals surface area contributed by atoms with E-state index in [4.69, 9.17) is 16.3 Å². The van der Waals surface area contributed by atoms with E-state index in [1.165, 1.54) is 0 Å². The molecule has 3 nitrogen and oxygen atoms in total. The molecule has 0 heterocycles. The molecule has 0 aliphatic heterocycles. The predicted molar refractivity (Wildman–Crippen MR) is 82.2 cm³/mol. The SMILES string of the molecule is CC(C)OCCN(C)C(=O)c1cc(Cl)ccc1I. The maximum Gasteiger partial charge on any atom is 0.254 e. The first-order chi connectivity index (χ1) is 8.41. The van der Waals surface area contributed by atoms with Crippen LogP contribution in [0.1, 0.15) is 24.2 Å². The van der Waals surface area contributed by atoms with Crippen LogP contribution >= 0.6 is 34.2 Å². The number of hydrogen-bond acceptors (Lipinski definition) is 2. The number of hydrogen-bond donors (Lipinski definition) is 0. The molecule has 0 aromatic heterocycles. The fourth-order valence-corrected chi connectivity index (χ4v) is 2.13. The molecular formula is C13H17ClINO2. The summed E-state index contributed by atoms with van der Waals surface area (Å²) in [5, 5.41) is 0.575. The highest BCUT2D eigenvalue weighted by atomic mass is 127. The second-order valence-electron chi connectivity index (χ2n) is 4.27. The van der Waals surface area contributed by atoms with E-state index in [1.54, 1.807) is 24.1 Å². The monoisotopic (exact) mass is 381 g/mol. The molecule has 0 saturated heterocycles. The van der Waals surface area contributed by atoms with Gasteiger partial charge in [-0.1, -0.05) is 11.6 Å². The van der Waals surface area contributed by atoms with Crippen molar-refractivity contribution in [3.63, 3.8) is 0 Å². The summed E-state index contributed by atoms with van der Waals surface area (Å²) in [5.41, 5.74) is 0.634. The highest BCUT2D eigenvalue weighted by Gasteiger charge is 2.15. The average Bonchev–Trinajstić information content (AvgIpc) is 2.30. The Balaban J connectivity index is 2.65. The molecule has 0 bridgehead atoms. The molecule has 100 valence electrons. The van der Waals surface area contributed by atoms with Crippen LogP contribution in [-0.4, -0.2) is 37.1 Å². The van der Waals surface area contributed by atoms with Crippen LogP contribution in [0, 0.1) is 3.57 Å². The summed E-state index contributed by atoms with van der Waals surface area (Å²) < 4.78 is 6.33. The Bertz CT molecular complexity index is 423. The lowest BCUT2D eigenvalue weighted by Gasteiger charge is -2.19. The lowest BCUT2D eigenvalue weighted by molar-refractivity contribution is 0.0531. The van der Waals surface area contributed by atoms with Crippen molar-refractivity contribution in [3.8, 4) is 0 Å². The minimum absolute atomic E-state index is 0.0331. The molecule has 5 heteroatoms. The zero-order valence-electron chi connectivity index (χ0n) is 10.7. The van der Waals surface area contributed by atoms with Crippen molar-refractivity contribution in [1.82, 2.24) is 4.90 Å². The number of rotatable bonds is 5. The van der Waals surface area contributed by atoms with Gasteiger partial charge >= 0.3 is 0 Å². The number of benzene rings is 1. The number of likely N-dealkylation sites (N-methyl/N-ethyl adjacent to an activating group) is 1. The summed E-state index contributed by atoms with van der Waals surface area (Å²) in [5.74, 6) is -0.0331. The lowest BCUT2D eigenvalue weighted by Crippen LogP contribution is -2.31. The number of carbonyl (C=O) groups is 1. The van der Waals surface area contributed by atoms with Gasteiger partial charge in [-0.25, -0.2) is 0 Å². The first kappa shape index (κ1) is 15.7. The van der Waals surface area contributed by atoms with Gasteiger partial charge in [0, 0.05) is 22.2 Å². The molecule has 0 unspecified atom stereocenters. The van der Waals surface area contributed by atoms with E-state index in [1.807, 2.05) is 19.9 Å². The van der Waals surface area contributed by atoms with Crippen molar-refractivity contribution >= 4 is 40.1 Å². The third-order valence-electron chi connectivity index (χ3n) is 2.38. The first-order valence-corrected chi connectivity index (χ1v) is 7.19. The number of ether oxygens (including phenoxy) is 1. The van der Waals surface area contributed by atoms with Gasteiger partial charge in [-0.2, -0.15) is 0 Å². The molecule has 1 amide bonds. The summed E-state index contributed by atoms with van der Waals surface area (Å²) in [6.45, 7) is 5.06. The van der Waals surface area contributed by atoms with Crippen LogP contribution in [0.4, 0.5) is 0 Å². The van der Waals surface area contributed by atoms with Crippen LogP contribution in [-0.2, 0) is 4.74 Å². The zero-order chi connectivity index (χ0) is 13.7.